The van der Waals surface area contributed by atoms with Crippen LogP contribution in [0.4, 0.5) is 8.87 Å². The van der Waals surface area contributed by atoms with Crippen LogP contribution in [0.2, 0.25) is 0 Å². The quantitative estimate of drug-likeness (QED) is 0.643. The number of carbonyl (C=O) groups is 1. The molecule has 3 aliphatic rings. The van der Waals surface area contributed by atoms with Gasteiger partial charge in [0, 0.05) is 30.3 Å². The van der Waals surface area contributed by atoms with Gasteiger partial charge in [0.1, 0.15) is 23.7 Å². The Morgan fingerprint density at radius 2 is 2.06 bits per heavy atom. The lowest BCUT2D eigenvalue weighted by Gasteiger charge is -2.40. The Morgan fingerprint density at radius 1 is 1.26 bits per heavy atom. The molecule has 2 unspecified atom stereocenters. The summed E-state index contributed by atoms with van der Waals surface area (Å²) in [6.07, 6.45) is 4.78. The van der Waals surface area contributed by atoms with Crippen LogP contribution in [0.25, 0.3) is 0 Å². The fourth-order valence-electron chi connectivity index (χ4n) is 4.63. The summed E-state index contributed by atoms with van der Waals surface area (Å²) in [6.45, 7) is 0.400. The normalized spacial score (nSPS) is 23.1. The summed E-state index contributed by atoms with van der Waals surface area (Å²) in [5.41, 5.74) is 5.98. The molecule has 3 N–H and O–H groups in total. The van der Waals surface area contributed by atoms with Crippen molar-refractivity contribution in [3.8, 4) is 0 Å². The van der Waals surface area contributed by atoms with Crippen molar-refractivity contribution in [3.05, 3.63) is 82.5 Å². The largest absolute Gasteiger partial charge is 0.394 e. The molecule has 0 saturated carbocycles. The molecule has 1 amide bonds. The highest BCUT2D eigenvalue weighted by atomic mass is 19.2. The van der Waals surface area contributed by atoms with Gasteiger partial charge in [-0.2, -0.15) is 5.10 Å². The van der Waals surface area contributed by atoms with Crippen LogP contribution in [-0.2, 0) is 11.3 Å². The lowest BCUT2D eigenvalue weighted by atomic mass is 9.68. The Hall–Kier alpha value is -3.37. The van der Waals surface area contributed by atoms with E-state index >= 15 is 0 Å². The molecule has 0 fully saturated rings. The minimum Gasteiger partial charge on any atom is -0.394 e. The van der Waals surface area contributed by atoms with Crippen LogP contribution in [-0.4, -0.2) is 44.2 Å². The number of nitrogens with one attached hydrogen (secondary N) is 2. The van der Waals surface area contributed by atoms with E-state index in [0.29, 0.717) is 28.6 Å². The Labute approximate surface area is 176 Å². The van der Waals surface area contributed by atoms with E-state index in [4.69, 9.17) is 0 Å². The van der Waals surface area contributed by atoms with Gasteiger partial charge in [-0.25, -0.2) is 19.5 Å². The van der Waals surface area contributed by atoms with Crippen molar-refractivity contribution in [2.75, 3.05) is 13.2 Å². The third-order valence-corrected chi connectivity index (χ3v) is 5.92. The van der Waals surface area contributed by atoms with E-state index in [9.17, 15) is 18.8 Å². The maximum atomic E-state index is 14.6. The summed E-state index contributed by atoms with van der Waals surface area (Å²) in [4.78, 5) is 16.7. The molecule has 3 heterocycles. The van der Waals surface area contributed by atoms with Crippen molar-refractivity contribution in [3.63, 3.8) is 0 Å². The number of hydrogen-bond acceptors (Lipinski definition) is 6. The van der Waals surface area contributed by atoms with Gasteiger partial charge in [0.25, 0.3) is 0 Å². The zero-order valence-corrected chi connectivity index (χ0v) is 16.4. The minimum atomic E-state index is -0.441. The summed E-state index contributed by atoms with van der Waals surface area (Å²) in [7, 11) is 0. The first-order valence-electron chi connectivity index (χ1n) is 9.95. The lowest BCUT2D eigenvalue weighted by Crippen LogP contribution is -2.41. The Morgan fingerprint density at radius 3 is 2.84 bits per heavy atom. The summed E-state index contributed by atoms with van der Waals surface area (Å²) >= 11 is 0. The molecule has 2 aromatic rings. The van der Waals surface area contributed by atoms with Gasteiger partial charge in [0.05, 0.1) is 19.1 Å². The van der Waals surface area contributed by atoms with Gasteiger partial charge in [0.15, 0.2) is 0 Å². The maximum absolute atomic E-state index is 14.6. The topological polar surface area (TPSA) is 95.3 Å². The summed E-state index contributed by atoms with van der Waals surface area (Å²) in [6, 6.07) is 6.28. The van der Waals surface area contributed by atoms with Gasteiger partial charge in [-0.3, -0.25) is 4.79 Å². The molecule has 160 valence electrons. The van der Waals surface area contributed by atoms with Gasteiger partial charge in [-0.15, -0.1) is 5.23 Å². The fourth-order valence-corrected chi connectivity index (χ4v) is 4.63. The van der Waals surface area contributed by atoms with Crippen LogP contribution in [0.15, 0.2) is 65.3 Å². The van der Waals surface area contributed by atoms with E-state index in [0.717, 1.165) is 11.1 Å². The number of aliphatic hydroxyl groups excluding tert-OH is 1. The number of aromatic nitrogens is 3. The summed E-state index contributed by atoms with van der Waals surface area (Å²) in [5, 5.41) is 16.8. The van der Waals surface area contributed by atoms with Crippen LogP contribution in [0.3, 0.4) is 0 Å². The Bertz CT molecular complexity index is 1120. The zero-order valence-electron chi connectivity index (χ0n) is 16.4. The number of hydrogen-bond donors (Lipinski definition) is 3. The molecular formula is C21H20F2N6O2. The minimum absolute atomic E-state index is 0.124. The van der Waals surface area contributed by atoms with Crippen LogP contribution >= 0.6 is 0 Å². The van der Waals surface area contributed by atoms with E-state index in [1.165, 1.54) is 24.5 Å². The molecule has 1 aromatic carbocycles. The number of allylic oxidation sites excluding steroid dienone is 1. The summed E-state index contributed by atoms with van der Waals surface area (Å²) in [5.74, 6) is -0.745. The van der Waals surface area contributed by atoms with Crippen LogP contribution in [0.5, 0.6) is 0 Å². The lowest BCUT2D eigenvalue weighted by molar-refractivity contribution is -0.115. The van der Waals surface area contributed by atoms with E-state index in [1.54, 1.807) is 23.0 Å². The van der Waals surface area contributed by atoms with Crippen molar-refractivity contribution in [1.82, 2.24) is 30.7 Å². The first-order chi connectivity index (χ1) is 15.1. The van der Waals surface area contributed by atoms with E-state index in [-0.39, 0.29) is 37.1 Å². The monoisotopic (exact) mass is 426 g/mol. The first-order valence-corrected chi connectivity index (χ1v) is 9.95. The van der Waals surface area contributed by atoms with E-state index in [1.807, 2.05) is 0 Å². The standard InChI is InChI=1S/C21H20F2N6O2/c22-14-3-1-12(2-4-14)15-7-13-9-26-29(23)17-8-18(31)24-10-16(19(13)17)20(15)21-25-11-27-28(21)5-6-30/h1-4,8,10-11,15,20,26,30H,5-7,9H2,(H,24,31). The number of halogens is 2. The van der Waals surface area contributed by atoms with E-state index in [2.05, 4.69) is 20.8 Å². The molecule has 0 radical (unpaired) electrons. The fraction of sp³-hybridized carbons (Fsp3) is 0.286. The first kappa shape index (κ1) is 19.6. The predicted molar refractivity (Wildman–Crippen MR) is 106 cm³/mol. The molecule has 1 aromatic heterocycles. The second-order valence-corrected chi connectivity index (χ2v) is 7.64. The van der Waals surface area contributed by atoms with Crippen LogP contribution in [0, 0.1) is 5.82 Å². The molecule has 5 rings (SSSR count). The van der Waals surface area contributed by atoms with Crippen LogP contribution in [0.1, 0.15) is 29.6 Å². The van der Waals surface area contributed by atoms with Crippen molar-refractivity contribution < 1.29 is 18.8 Å². The van der Waals surface area contributed by atoms with Crippen molar-refractivity contribution in [2.45, 2.75) is 24.8 Å². The number of aliphatic hydroxyl groups is 1. The number of amides is 1. The van der Waals surface area contributed by atoms with Gasteiger partial charge in [0.2, 0.25) is 5.91 Å². The average Bonchev–Trinajstić information content (AvgIpc) is 3.14. The molecule has 10 heteroatoms. The molecule has 1 aliphatic carbocycles. The van der Waals surface area contributed by atoms with Gasteiger partial charge in [-0.1, -0.05) is 16.6 Å². The van der Waals surface area contributed by atoms with Crippen molar-refractivity contribution in [1.29, 1.82) is 0 Å². The number of hydrazine groups is 1. The zero-order chi connectivity index (χ0) is 21.5. The smallest absolute Gasteiger partial charge is 0.250 e. The molecule has 2 aliphatic heterocycles. The second-order valence-electron chi connectivity index (χ2n) is 7.64. The molecule has 31 heavy (non-hydrogen) atoms. The highest BCUT2D eigenvalue weighted by Gasteiger charge is 2.43. The Kier molecular flexibility index (Phi) is 4.87. The maximum Gasteiger partial charge on any atom is 0.250 e. The molecular weight excluding hydrogens is 406 g/mol. The number of rotatable bonds is 4. The SMILES string of the molecule is O=C1C=C2C3=C(CNN2F)CC(c2ccc(F)cc2)C(c2ncnn2CCO)C3=CN1. The second kappa shape index (κ2) is 7.71. The highest BCUT2D eigenvalue weighted by molar-refractivity contribution is 5.91. The highest BCUT2D eigenvalue weighted by Crippen LogP contribution is 2.52. The third kappa shape index (κ3) is 3.33. The molecule has 8 nitrogen and oxygen atoms in total. The third-order valence-electron chi connectivity index (χ3n) is 5.92. The van der Waals surface area contributed by atoms with Crippen molar-refractivity contribution >= 4 is 5.91 Å². The Balaban J connectivity index is 1.72. The van der Waals surface area contributed by atoms with Gasteiger partial charge < -0.3 is 10.4 Å². The van der Waals surface area contributed by atoms with E-state index < -0.39 is 11.8 Å². The number of carbonyl (C=O) groups excluding carboxylic acids is 1. The molecule has 0 spiro atoms. The van der Waals surface area contributed by atoms with Gasteiger partial charge >= 0.3 is 0 Å². The molecule has 0 saturated heterocycles. The van der Waals surface area contributed by atoms with Crippen molar-refractivity contribution in [2.24, 2.45) is 0 Å². The summed E-state index contributed by atoms with van der Waals surface area (Å²) < 4.78 is 29.8. The van der Waals surface area contributed by atoms with Crippen LogP contribution < -0.4 is 10.7 Å². The molecule has 2 atom stereocenters. The average molecular weight is 426 g/mol. The molecule has 0 bridgehead atoms. The van der Waals surface area contributed by atoms with Gasteiger partial charge in [-0.05, 0) is 35.3 Å². The predicted octanol–water partition coefficient (Wildman–Crippen LogP) is 1.58. The number of nitrogens with zero attached hydrogens (tertiary/aromatic N) is 4. The number of benzene rings is 1.